The highest BCUT2D eigenvalue weighted by molar-refractivity contribution is 6.30. The first kappa shape index (κ1) is 16.3. The molecule has 0 amide bonds. The fourth-order valence-electron chi connectivity index (χ4n) is 1.99. The van der Waals surface area contributed by atoms with Gasteiger partial charge in [-0.2, -0.15) is 0 Å². The average molecular weight is 284 g/mol. The van der Waals surface area contributed by atoms with Crippen LogP contribution in [0.25, 0.3) is 0 Å². The molecule has 0 radical (unpaired) electrons. The van der Waals surface area contributed by atoms with Gasteiger partial charge in [-0.05, 0) is 37.6 Å². The smallest absolute Gasteiger partial charge is 0.120 e. The predicted molar refractivity (Wildman–Crippen MR) is 83.2 cm³/mol. The Bertz CT molecular complexity index is 343. The van der Waals surface area contributed by atoms with Crippen molar-refractivity contribution in [1.82, 2.24) is 5.32 Å². The van der Waals surface area contributed by atoms with Crippen LogP contribution in [0.3, 0.4) is 0 Å². The third-order valence-corrected chi connectivity index (χ3v) is 3.32. The summed E-state index contributed by atoms with van der Waals surface area (Å²) in [6.45, 7) is 6.19. The van der Waals surface area contributed by atoms with Crippen LogP contribution in [0.4, 0.5) is 0 Å². The van der Waals surface area contributed by atoms with Crippen molar-refractivity contribution in [1.29, 1.82) is 0 Å². The zero-order valence-corrected chi connectivity index (χ0v) is 12.9. The van der Waals surface area contributed by atoms with Crippen LogP contribution in [0, 0.1) is 0 Å². The molecule has 0 aliphatic carbocycles. The summed E-state index contributed by atoms with van der Waals surface area (Å²) < 4.78 is 5.83. The Labute approximate surface area is 122 Å². The lowest BCUT2D eigenvalue weighted by atomic mass is 10.1. The summed E-state index contributed by atoms with van der Waals surface area (Å²) >= 11 is 5.95. The summed E-state index contributed by atoms with van der Waals surface area (Å²) in [5.74, 6) is 0.853. The summed E-state index contributed by atoms with van der Waals surface area (Å²) in [6.07, 6.45) is 6.14. The van der Waals surface area contributed by atoms with Crippen molar-refractivity contribution >= 4 is 11.6 Å². The molecule has 0 aromatic heterocycles. The van der Waals surface area contributed by atoms with Crippen LogP contribution in [0.5, 0.6) is 5.75 Å². The van der Waals surface area contributed by atoms with E-state index in [2.05, 4.69) is 19.2 Å². The number of halogens is 1. The highest BCUT2D eigenvalue weighted by Crippen LogP contribution is 2.17. The second kappa shape index (κ2) is 10.1. The van der Waals surface area contributed by atoms with Crippen LogP contribution in [-0.4, -0.2) is 19.2 Å². The molecule has 0 aliphatic heterocycles. The Morgan fingerprint density at radius 2 is 2.05 bits per heavy atom. The van der Waals surface area contributed by atoms with Crippen LogP contribution >= 0.6 is 11.6 Å². The summed E-state index contributed by atoms with van der Waals surface area (Å²) in [5.41, 5.74) is 0. The van der Waals surface area contributed by atoms with Crippen molar-refractivity contribution in [3.05, 3.63) is 29.3 Å². The van der Waals surface area contributed by atoms with Crippen LogP contribution in [0.1, 0.15) is 46.0 Å². The second-order valence-corrected chi connectivity index (χ2v) is 5.35. The molecule has 3 heteroatoms. The summed E-state index contributed by atoms with van der Waals surface area (Å²) in [7, 11) is 0. The number of hydrogen-bond acceptors (Lipinski definition) is 2. The maximum Gasteiger partial charge on any atom is 0.120 e. The van der Waals surface area contributed by atoms with Crippen molar-refractivity contribution in [3.8, 4) is 5.75 Å². The van der Waals surface area contributed by atoms with Crippen molar-refractivity contribution in [2.75, 3.05) is 13.2 Å². The van der Waals surface area contributed by atoms with Crippen LogP contribution in [0.2, 0.25) is 5.02 Å². The lowest BCUT2D eigenvalue weighted by Crippen LogP contribution is -2.35. The van der Waals surface area contributed by atoms with Gasteiger partial charge in [-0.1, -0.05) is 50.8 Å². The largest absolute Gasteiger partial charge is 0.492 e. The first-order valence-electron chi connectivity index (χ1n) is 7.38. The maximum atomic E-state index is 5.95. The van der Waals surface area contributed by atoms with Gasteiger partial charge in [0.15, 0.2) is 0 Å². The van der Waals surface area contributed by atoms with Gasteiger partial charge in [0.05, 0.1) is 0 Å². The van der Waals surface area contributed by atoms with E-state index in [-0.39, 0.29) is 0 Å². The molecule has 1 aromatic rings. The summed E-state index contributed by atoms with van der Waals surface area (Å²) in [4.78, 5) is 0. The number of nitrogens with one attached hydrogen (secondary N) is 1. The first-order valence-corrected chi connectivity index (χ1v) is 7.75. The summed E-state index contributed by atoms with van der Waals surface area (Å²) in [6, 6.07) is 8.04. The molecular weight excluding hydrogens is 258 g/mol. The van der Waals surface area contributed by atoms with Gasteiger partial charge in [-0.25, -0.2) is 0 Å². The average Bonchev–Trinajstić information content (AvgIpc) is 2.41. The van der Waals surface area contributed by atoms with E-state index < -0.39 is 0 Å². The Kier molecular flexibility index (Phi) is 8.68. The van der Waals surface area contributed by atoms with Crippen molar-refractivity contribution < 1.29 is 4.74 Å². The molecule has 108 valence electrons. The molecular formula is C16H26ClNO. The number of ether oxygens (including phenoxy) is 1. The standard InChI is InChI=1S/C16H26ClNO/c1-3-5-6-9-15(18-11-4-2)13-19-16-10-7-8-14(17)12-16/h7-8,10,12,15,18H,3-6,9,11,13H2,1-2H3. The SMILES string of the molecule is CCCCCC(COc1cccc(Cl)c1)NCCC. The van der Waals surface area contributed by atoms with Gasteiger partial charge < -0.3 is 10.1 Å². The van der Waals surface area contributed by atoms with Gasteiger partial charge in [0.1, 0.15) is 12.4 Å². The van der Waals surface area contributed by atoms with E-state index in [4.69, 9.17) is 16.3 Å². The quantitative estimate of drug-likeness (QED) is 0.630. The third kappa shape index (κ3) is 7.44. The number of unbranched alkanes of at least 4 members (excludes halogenated alkanes) is 2. The fourth-order valence-corrected chi connectivity index (χ4v) is 2.17. The van der Waals surface area contributed by atoms with Crippen molar-refractivity contribution in [2.24, 2.45) is 0 Å². The Morgan fingerprint density at radius 1 is 1.21 bits per heavy atom. The van der Waals surface area contributed by atoms with E-state index in [1.165, 1.54) is 25.7 Å². The Morgan fingerprint density at radius 3 is 2.74 bits per heavy atom. The van der Waals surface area contributed by atoms with Crippen molar-refractivity contribution in [2.45, 2.75) is 52.0 Å². The van der Waals surface area contributed by atoms with Gasteiger partial charge in [0, 0.05) is 11.1 Å². The molecule has 0 aliphatic rings. The fraction of sp³-hybridized carbons (Fsp3) is 0.625. The maximum absolute atomic E-state index is 5.95. The molecule has 1 unspecified atom stereocenters. The lowest BCUT2D eigenvalue weighted by Gasteiger charge is -2.19. The number of hydrogen-bond donors (Lipinski definition) is 1. The van der Waals surface area contributed by atoms with Gasteiger partial charge >= 0.3 is 0 Å². The Balaban J connectivity index is 2.37. The monoisotopic (exact) mass is 283 g/mol. The molecule has 19 heavy (non-hydrogen) atoms. The van der Waals surface area contributed by atoms with E-state index in [9.17, 15) is 0 Å². The molecule has 0 fully saturated rings. The van der Waals surface area contributed by atoms with E-state index in [1.807, 2.05) is 24.3 Å². The molecule has 0 saturated carbocycles. The topological polar surface area (TPSA) is 21.3 Å². The number of benzene rings is 1. The lowest BCUT2D eigenvalue weighted by molar-refractivity contribution is 0.253. The second-order valence-electron chi connectivity index (χ2n) is 4.92. The van der Waals surface area contributed by atoms with E-state index in [0.717, 1.165) is 23.7 Å². The van der Waals surface area contributed by atoms with Crippen molar-refractivity contribution in [3.63, 3.8) is 0 Å². The Hall–Kier alpha value is -0.730. The minimum absolute atomic E-state index is 0.436. The molecule has 1 N–H and O–H groups in total. The zero-order chi connectivity index (χ0) is 13.9. The molecule has 1 rings (SSSR count). The zero-order valence-electron chi connectivity index (χ0n) is 12.1. The highest BCUT2D eigenvalue weighted by atomic mass is 35.5. The molecule has 0 bridgehead atoms. The van der Waals surface area contributed by atoms with E-state index >= 15 is 0 Å². The third-order valence-electron chi connectivity index (χ3n) is 3.09. The summed E-state index contributed by atoms with van der Waals surface area (Å²) in [5, 5.41) is 4.28. The number of rotatable bonds is 10. The molecule has 0 heterocycles. The van der Waals surface area contributed by atoms with Crippen LogP contribution < -0.4 is 10.1 Å². The normalized spacial score (nSPS) is 12.4. The first-order chi connectivity index (χ1) is 9.26. The van der Waals surface area contributed by atoms with E-state index in [0.29, 0.717) is 12.6 Å². The van der Waals surface area contributed by atoms with E-state index in [1.54, 1.807) is 0 Å². The molecule has 2 nitrogen and oxygen atoms in total. The van der Waals surface area contributed by atoms with Gasteiger partial charge in [0.2, 0.25) is 0 Å². The van der Waals surface area contributed by atoms with Crippen LogP contribution in [-0.2, 0) is 0 Å². The van der Waals surface area contributed by atoms with Gasteiger partial charge in [-0.15, -0.1) is 0 Å². The molecule has 0 spiro atoms. The van der Waals surface area contributed by atoms with Crippen LogP contribution in [0.15, 0.2) is 24.3 Å². The predicted octanol–water partition coefficient (Wildman–Crippen LogP) is 4.67. The van der Waals surface area contributed by atoms with Gasteiger partial charge in [-0.3, -0.25) is 0 Å². The molecule has 1 aromatic carbocycles. The highest BCUT2D eigenvalue weighted by Gasteiger charge is 2.08. The molecule has 1 atom stereocenters. The molecule has 0 saturated heterocycles. The minimum atomic E-state index is 0.436. The minimum Gasteiger partial charge on any atom is -0.492 e. The van der Waals surface area contributed by atoms with Gasteiger partial charge in [0.25, 0.3) is 0 Å².